The first kappa shape index (κ1) is 25.8. The highest BCUT2D eigenvalue weighted by atomic mass is 32.1. The zero-order valence-corrected chi connectivity index (χ0v) is 20.4. The second-order valence-corrected chi connectivity index (χ2v) is 8.31. The predicted octanol–water partition coefficient (Wildman–Crippen LogP) is 5.57. The lowest BCUT2D eigenvalue weighted by atomic mass is 10.1. The number of carbonyl (C=O) groups is 1. The number of ether oxygens (including phenoxy) is 1. The van der Waals surface area contributed by atoms with Crippen LogP contribution in [0.3, 0.4) is 0 Å². The molecule has 4 rings (SSSR count). The Hall–Kier alpha value is -4.25. The number of aryl methyl sites for hydroxylation is 1. The minimum atomic E-state index is -4.76. The van der Waals surface area contributed by atoms with Crippen molar-refractivity contribution in [3.05, 3.63) is 95.8 Å². The average molecular weight is 526 g/mol. The Balaban J connectivity index is 1.38. The van der Waals surface area contributed by atoms with Gasteiger partial charge in [0.1, 0.15) is 17.1 Å². The fourth-order valence-electron chi connectivity index (χ4n) is 3.59. The van der Waals surface area contributed by atoms with Gasteiger partial charge in [-0.15, -0.1) is 18.3 Å². The van der Waals surface area contributed by atoms with Crippen molar-refractivity contribution in [2.24, 2.45) is 0 Å². The summed E-state index contributed by atoms with van der Waals surface area (Å²) in [5, 5.41) is 9.91. The van der Waals surface area contributed by atoms with Crippen molar-refractivity contribution >= 4 is 23.2 Å². The summed E-state index contributed by atoms with van der Waals surface area (Å²) in [6, 6.07) is 19.9. The third-order valence-corrected chi connectivity index (χ3v) is 5.66. The van der Waals surface area contributed by atoms with E-state index in [9.17, 15) is 18.0 Å². The van der Waals surface area contributed by atoms with Gasteiger partial charge in [0.15, 0.2) is 5.82 Å². The van der Waals surface area contributed by atoms with E-state index in [2.05, 4.69) is 25.5 Å². The number of halogens is 3. The normalized spacial score (nSPS) is 11.1. The van der Waals surface area contributed by atoms with E-state index in [-0.39, 0.29) is 12.3 Å². The van der Waals surface area contributed by atoms with Gasteiger partial charge in [-0.05, 0) is 47.9 Å². The molecule has 3 aromatic carbocycles. The van der Waals surface area contributed by atoms with Gasteiger partial charge in [-0.2, -0.15) is 0 Å². The maximum absolute atomic E-state index is 12.4. The fraction of sp³-hybridized carbons (Fsp3) is 0.154. The summed E-state index contributed by atoms with van der Waals surface area (Å²) in [4.78, 5) is 17.1. The molecule has 7 nitrogen and oxygen atoms in total. The topological polar surface area (TPSA) is 81.1 Å². The van der Waals surface area contributed by atoms with Crippen LogP contribution in [0, 0.1) is 0 Å². The van der Waals surface area contributed by atoms with Crippen molar-refractivity contribution in [3.8, 4) is 22.8 Å². The van der Waals surface area contributed by atoms with E-state index in [0.29, 0.717) is 22.1 Å². The average Bonchev–Trinajstić information content (AvgIpc) is 3.37. The molecule has 2 N–H and O–H groups in total. The fourth-order valence-corrected chi connectivity index (χ4v) is 3.88. The van der Waals surface area contributed by atoms with E-state index in [1.165, 1.54) is 35.3 Å². The number of rotatable bonds is 7. The lowest BCUT2D eigenvalue weighted by molar-refractivity contribution is -0.274. The van der Waals surface area contributed by atoms with Crippen LogP contribution in [-0.2, 0) is 13.0 Å². The van der Waals surface area contributed by atoms with Gasteiger partial charge in [-0.1, -0.05) is 61.6 Å². The van der Waals surface area contributed by atoms with E-state index >= 15 is 0 Å². The van der Waals surface area contributed by atoms with Gasteiger partial charge in [-0.25, -0.2) is 14.5 Å². The zero-order chi connectivity index (χ0) is 26.4. The molecule has 0 spiro atoms. The summed E-state index contributed by atoms with van der Waals surface area (Å²) in [6.45, 7) is 2.27. The van der Waals surface area contributed by atoms with E-state index in [1.54, 1.807) is 0 Å². The molecule has 0 saturated carbocycles. The van der Waals surface area contributed by atoms with Crippen molar-refractivity contribution < 1.29 is 22.7 Å². The van der Waals surface area contributed by atoms with Crippen LogP contribution < -0.4 is 15.4 Å². The number of nitrogens with one attached hydrogen (secondary N) is 2. The van der Waals surface area contributed by atoms with Gasteiger partial charge in [0.2, 0.25) is 0 Å². The second-order valence-electron chi connectivity index (χ2n) is 7.90. The third-order valence-electron chi connectivity index (χ3n) is 5.33. The van der Waals surface area contributed by atoms with Gasteiger partial charge in [-0.3, -0.25) is 5.32 Å². The van der Waals surface area contributed by atoms with Crippen LogP contribution in [0.2, 0.25) is 0 Å². The van der Waals surface area contributed by atoms with Crippen LogP contribution in [0.4, 0.5) is 18.0 Å². The Labute approximate surface area is 216 Å². The molecule has 0 radical (unpaired) electrons. The van der Waals surface area contributed by atoms with E-state index in [1.807, 2.05) is 55.5 Å². The molecule has 0 fully saturated rings. The number of alkyl halides is 3. The lowest BCUT2D eigenvalue weighted by Gasteiger charge is -2.12. The Morgan fingerprint density at radius 2 is 1.81 bits per heavy atom. The predicted molar refractivity (Wildman–Crippen MR) is 136 cm³/mol. The first-order valence-electron chi connectivity index (χ1n) is 11.3. The van der Waals surface area contributed by atoms with Crippen LogP contribution in [0.15, 0.2) is 79.1 Å². The number of aromatic nitrogens is 3. The molecule has 37 heavy (non-hydrogen) atoms. The van der Waals surface area contributed by atoms with E-state index in [4.69, 9.17) is 12.2 Å². The SMILES string of the molecule is CCc1ccccc1C(=S)NC(=O)NCc1cccc(-c2ncn(-c3ccc(OC(F)(F)F)cc3)n2)c1. The van der Waals surface area contributed by atoms with Gasteiger partial charge in [0, 0.05) is 17.7 Å². The van der Waals surface area contributed by atoms with Gasteiger partial charge in [0.05, 0.1) is 5.69 Å². The molecule has 1 heterocycles. The Morgan fingerprint density at radius 1 is 1.05 bits per heavy atom. The molecule has 11 heteroatoms. The van der Waals surface area contributed by atoms with Crippen LogP contribution >= 0.6 is 12.2 Å². The summed E-state index contributed by atoms with van der Waals surface area (Å²) in [7, 11) is 0. The number of amides is 2. The van der Waals surface area contributed by atoms with Crippen LogP contribution in [0.25, 0.3) is 17.1 Å². The molecule has 4 aromatic rings. The molecule has 1 aromatic heterocycles. The summed E-state index contributed by atoms with van der Waals surface area (Å²) < 4.78 is 42.4. The maximum Gasteiger partial charge on any atom is 0.573 e. The Bertz CT molecular complexity index is 1400. The van der Waals surface area contributed by atoms with Gasteiger partial charge in [0.25, 0.3) is 0 Å². The quantitative estimate of drug-likeness (QED) is 0.309. The minimum Gasteiger partial charge on any atom is -0.406 e. The molecule has 190 valence electrons. The Morgan fingerprint density at radius 3 is 2.54 bits per heavy atom. The number of urea groups is 1. The van der Waals surface area contributed by atoms with Crippen molar-refractivity contribution in [2.75, 3.05) is 0 Å². The second kappa shape index (κ2) is 11.2. The molecule has 0 unspecified atom stereocenters. The maximum atomic E-state index is 12.4. The number of hydrogen-bond donors (Lipinski definition) is 2. The van der Waals surface area contributed by atoms with Crippen LogP contribution in [0.1, 0.15) is 23.6 Å². The summed E-state index contributed by atoms with van der Waals surface area (Å²) in [5.41, 5.74) is 3.92. The highest BCUT2D eigenvalue weighted by molar-refractivity contribution is 7.80. The summed E-state index contributed by atoms with van der Waals surface area (Å²) in [5.74, 6) is 0.0930. The zero-order valence-electron chi connectivity index (χ0n) is 19.6. The standard InChI is InChI=1S/C26H22F3N5O2S/c1-2-18-7-3-4-9-22(18)24(37)32-25(35)30-15-17-6-5-8-19(14-17)23-31-16-34(33-23)20-10-12-21(13-11-20)36-26(27,28)29/h3-14,16H,2,15H2,1H3,(H2,30,32,35,37). The molecule has 0 aliphatic rings. The smallest absolute Gasteiger partial charge is 0.406 e. The summed E-state index contributed by atoms with van der Waals surface area (Å²) >= 11 is 5.39. The number of nitrogens with zero attached hydrogens (tertiary/aromatic N) is 3. The van der Waals surface area contributed by atoms with Crippen LogP contribution in [0.5, 0.6) is 5.75 Å². The highest BCUT2D eigenvalue weighted by Crippen LogP contribution is 2.24. The molecule has 2 amide bonds. The number of carbonyl (C=O) groups excluding carboxylic acids is 1. The molecular weight excluding hydrogens is 503 g/mol. The number of thiocarbonyl (C=S) groups is 1. The molecule has 0 aliphatic heterocycles. The molecule has 0 saturated heterocycles. The highest BCUT2D eigenvalue weighted by Gasteiger charge is 2.31. The largest absolute Gasteiger partial charge is 0.573 e. The van der Waals surface area contributed by atoms with E-state index < -0.39 is 12.4 Å². The number of hydrogen-bond acceptors (Lipinski definition) is 5. The Kier molecular flexibility index (Phi) is 7.83. The summed E-state index contributed by atoms with van der Waals surface area (Å²) in [6.07, 6.45) is -2.49. The van der Waals surface area contributed by atoms with Gasteiger partial charge >= 0.3 is 12.4 Å². The molecule has 0 bridgehead atoms. The van der Waals surface area contributed by atoms with Crippen LogP contribution in [-0.4, -0.2) is 32.1 Å². The third kappa shape index (κ3) is 6.91. The van der Waals surface area contributed by atoms with Crippen molar-refractivity contribution in [3.63, 3.8) is 0 Å². The van der Waals surface area contributed by atoms with Crippen molar-refractivity contribution in [1.29, 1.82) is 0 Å². The molecule has 0 atom stereocenters. The van der Waals surface area contributed by atoms with Crippen molar-refractivity contribution in [2.45, 2.75) is 26.3 Å². The van der Waals surface area contributed by atoms with E-state index in [0.717, 1.165) is 23.1 Å². The first-order valence-corrected chi connectivity index (χ1v) is 11.7. The first-order chi connectivity index (χ1) is 17.7. The molecular formula is C26H22F3N5O2S. The monoisotopic (exact) mass is 525 g/mol. The molecule has 0 aliphatic carbocycles. The lowest BCUT2D eigenvalue weighted by Crippen LogP contribution is -2.38. The van der Waals surface area contributed by atoms with Crippen molar-refractivity contribution in [1.82, 2.24) is 25.4 Å². The number of benzene rings is 3. The van der Waals surface area contributed by atoms with Gasteiger partial charge < -0.3 is 10.1 Å². The minimum absolute atomic E-state index is 0.249.